The van der Waals surface area contributed by atoms with E-state index in [2.05, 4.69) is 5.32 Å². The molecule has 1 amide bonds. The van der Waals surface area contributed by atoms with Crippen LogP contribution in [0, 0.1) is 27.7 Å². The zero-order valence-corrected chi connectivity index (χ0v) is 29.2. The third-order valence-electron chi connectivity index (χ3n) is 7.57. The maximum Gasteiger partial charge on any atom is 0.407 e. The second kappa shape index (κ2) is 16.1. The Morgan fingerprint density at radius 2 is 1.00 bits per heavy atom. The van der Waals surface area contributed by atoms with Gasteiger partial charge in [-0.15, -0.1) is 0 Å². The molecule has 0 spiro atoms. The van der Waals surface area contributed by atoms with Gasteiger partial charge in [-0.1, -0.05) is 62.4 Å². The summed E-state index contributed by atoms with van der Waals surface area (Å²) in [5, 5.41) is 15.5. The molecule has 0 aromatic heterocycles. The number of amides is 1. The van der Waals surface area contributed by atoms with Crippen molar-refractivity contribution in [2.75, 3.05) is 6.54 Å². The van der Waals surface area contributed by atoms with Crippen LogP contribution in [0.25, 0.3) is 21.5 Å². The summed E-state index contributed by atoms with van der Waals surface area (Å²) < 4.78 is 21.7. The number of phenols is 1. The van der Waals surface area contributed by atoms with Crippen molar-refractivity contribution in [3.63, 3.8) is 0 Å². The number of phenolic OH excluding ortho intramolecular Hbond substituents is 1. The Morgan fingerprint density at radius 3 is 1.42 bits per heavy atom. The number of aromatic hydroxyl groups is 1. The molecule has 10 heteroatoms. The minimum Gasteiger partial charge on any atom is -0.507 e. The molecule has 0 aliphatic heterocycles. The van der Waals surface area contributed by atoms with E-state index < -0.39 is 17.7 Å². The number of carbonyl (C=O) groups excluding carboxylic acids is 4. The van der Waals surface area contributed by atoms with Gasteiger partial charge in [-0.25, -0.2) is 4.79 Å². The van der Waals surface area contributed by atoms with Crippen molar-refractivity contribution in [2.45, 2.75) is 87.2 Å². The smallest absolute Gasteiger partial charge is 0.407 e. The van der Waals surface area contributed by atoms with Crippen LogP contribution >= 0.6 is 0 Å². The van der Waals surface area contributed by atoms with E-state index >= 15 is 0 Å². The van der Waals surface area contributed by atoms with Gasteiger partial charge in [0, 0.05) is 40.9 Å². The van der Waals surface area contributed by atoms with E-state index in [1.165, 1.54) is 0 Å². The zero-order chi connectivity index (χ0) is 35.8. The summed E-state index contributed by atoms with van der Waals surface area (Å²) in [7, 11) is 0. The number of nitrogens with one attached hydrogen (secondary N) is 1. The lowest BCUT2D eigenvalue weighted by atomic mass is 9.99. The predicted molar refractivity (Wildman–Crippen MR) is 185 cm³/mol. The third-order valence-corrected chi connectivity index (χ3v) is 7.57. The van der Waals surface area contributed by atoms with Crippen LogP contribution in [0.1, 0.15) is 76.1 Å². The van der Waals surface area contributed by atoms with Gasteiger partial charge in [0.25, 0.3) is 0 Å². The van der Waals surface area contributed by atoms with Crippen molar-refractivity contribution in [1.82, 2.24) is 5.32 Å². The van der Waals surface area contributed by atoms with Crippen LogP contribution in [-0.2, 0) is 19.1 Å². The number of hydrogen-bond acceptors (Lipinski definition) is 9. The standard InChI is InChI=1S/C23H29NO6.C15H16O3/c1-7-18(25)28-20-14(2)15(3)21(17-11-9-8-10-16(17)20)29-19(26)12-13-24-22(27)30-23(4,5)6;1-4-13(16)18-15-10(3)9(2)14(17)11-7-5-6-8-12(11)15/h8-11H,7,12-13H2,1-6H3,(H,24,27);5-8,17H,4H2,1-3H3. The summed E-state index contributed by atoms with van der Waals surface area (Å²) >= 11 is 0. The molecule has 0 heterocycles. The number of rotatable bonds is 8. The topological polar surface area (TPSA) is 137 Å². The second-order valence-corrected chi connectivity index (χ2v) is 12.2. The van der Waals surface area contributed by atoms with E-state index in [9.17, 15) is 24.3 Å². The van der Waals surface area contributed by atoms with Gasteiger partial charge in [0.1, 0.15) is 28.6 Å². The van der Waals surface area contributed by atoms with Gasteiger partial charge in [-0.05, 0) is 70.7 Å². The van der Waals surface area contributed by atoms with Crippen molar-refractivity contribution < 1.29 is 43.2 Å². The molecule has 0 unspecified atom stereocenters. The number of benzene rings is 4. The number of esters is 3. The summed E-state index contributed by atoms with van der Waals surface area (Å²) in [5.74, 6) is 0.598. The zero-order valence-electron chi connectivity index (χ0n) is 29.2. The highest BCUT2D eigenvalue weighted by molar-refractivity contribution is 5.99. The van der Waals surface area contributed by atoms with Crippen LogP contribution in [0.3, 0.4) is 0 Å². The molecule has 0 radical (unpaired) electrons. The molecule has 0 saturated heterocycles. The Kier molecular flexibility index (Phi) is 12.5. The van der Waals surface area contributed by atoms with Gasteiger partial charge < -0.3 is 29.4 Å². The summed E-state index contributed by atoms with van der Waals surface area (Å²) in [6, 6.07) is 14.7. The van der Waals surface area contributed by atoms with Gasteiger partial charge >= 0.3 is 24.0 Å². The van der Waals surface area contributed by atoms with Crippen LogP contribution in [0.5, 0.6) is 23.0 Å². The largest absolute Gasteiger partial charge is 0.507 e. The number of ether oxygens (including phenoxy) is 4. The Labute approximate surface area is 281 Å². The summed E-state index contributed by atoms with van der Waals surface area (Å²) in [6.07, 6.45) is -0.0181. The van der Waals surface area contributed by atoms with Crippen LogP contribution in [0.2, 0.25) is 0 Å². The van der Waals surface area contributed by atoms with E-state index in [-0.39, 0.29) is 37.1 Å². The molecule has 256 valence electrons. The quantitative estimate of drug-likeness (QED) is 0.142. The van der Waals surface area contributed by atoms with Crippen LogP contribution < -0.4 is 19.5 Å². The van der Waals surface area contributed by atoms with Crippen LogP contribution in [-0.4, -0.2) is 41.3 Å². The van der Waals surface area contributed by atoms with Gasteiger partial charge in [0.15, 0.2) is 0 Å². The molecule has 0 aliphatic carbocycles. The maximum absolute atomic E-state index is 12.4. The molecule has 48 heavy (non-hydrogen) atoms. The first-order valence-corrected chi connectivity index (χ1v) is 15.9. The fraction of sp³-hybridized carbons (Fsp3) is 0.368. The number of carbonyl (C=O) groups is 4. The van der Waals surface area contributed by atoms with Gasteiger partial charge in [-0.2, -0.15) is 0 Å². The fourth-order valence-corrected chi connectivity index (χ4v) is 4.78. The highest BCUT2D eigenvalue weighted by atomic mass is 16.6. The molecule has 4 aromatic carbocycles. The van der Waals surface area contributed by atoms with Gasteiger partial charge in [0.2, 0.25) is 0 Å². The van der Waals surface area contributed by atoms with E-state index in [1.54, 1.807) is 34.6 Å². The van der Waals surface area contributed by atoms with Crippen molar-refractivity contribution in [3.8, 4) is 23.0 Å². The van der Waals surface area contributed by atoms with E-state index in [1.807, 2.05) is 76.2 Å². The molecule has 0 saturated carbocycles. The van der Waals surface area contributed by atoms with Crippen LogP contribution in [0.15, 0.2) is 48.5 Å². The summed E-state index contributed by atoms with van der Waals surface area (Å²) in [5.41, 5.74) is 2.37. The molecule has 0 fully saturated rings. The first kappa shape index (κ1) is 37.3. The minimum atomic E-state index is -0.610. The fourth-order valence-electron chi connectivity index (χ4n) is 4.78. The first-order chi connectivity index (χ1) is 22.6. The molecule has 4 rings (SSSR count). The number of hydrogen-bond donors (Lipinski definition) is 2. The van der Waals surface area contributed by atoms with E-state index in [0.717, 1.165) is 22.1 Å². The Balaban J connectivity index is 0.000000294. The highest BCUT2D eigenvalue weighted by Gasteiger charge is 2.21. The second-order valence-electron chi connectivity index (χ2n) is 12.2. The average Bonchev–Trinajstić information content (AvgIpc) is 3.05. The minimum absolute atomic E-state index is 0.0152. The van der Waals surface area contributed by atoms with E-state index in [4.69, 9.17) is 18.9 Å². The molecule has 10 nitrogen and oxygen atoms in total. The van der Waals surface area contributed by atoms with Crippen molar-refractivity contribution >= 4 is 45.5 Å². The molecule has 4 aromatic rings. The van der Waals surface area contributed by atoms with E-state index in [0.29, 0.717) is 45.4 Å². The van der Waals surface area contributed by atoms with Crippen molar-refractivity contribution in [1.29, 1.82) is 0 Å². The molecule has 0 bridgehead atoms. The number of alkyl carbamates (subject to hydrolysis) is 1. The lowest BCUT2D eigenvalue weighted by Crippen LogP contribution is -2.34. The number of fused-ring (bicyclic) bond motifs is 2. The first-order valence-electron chi connectivity index (χ1n) is 15.9. The normalized spacial score (nSPS) is 10.9. The third kappa shape index (κ3) is 9.24. The highest BCUT2D eigenvalue weighted by Crippen LogP contribution is 2.41. The predicted octanol–water partition coefficient (Wildman–Crippen LogP) is 8.07. The molecule has 2 N–H and O–H groups in total. The van der Waals surface area contributed by atoms with Crippen molar-refractivity contribution in [2.24, 2.45) is 0 Å². The lowest BCUT2D eigenvalue weighted by molar-refractivity contribution is -0.135. The molecule has 0 aliphatic rings. The monoisotopic (exact) mass is 659 g/mol. The molecular weight excluding hydrogens is 614 g/mol. The Bertz CT molecular complexity index is 1840. The van der Waals surface area contributed by atoms with Gasteiger partial charge in [-0.3, -0.25) is 14.4 Å². The SMILES string of the molecule is CCC(=O)Oc1c(C)c(C)c(O)c2ccccc12.CCC(=O)Oc1c(C)c(C)c(OC(=O)CCNC(=O)OC(C)(C)C)c2ccccc12. The Morgan fingerprint density at radius 1 is 0.625 bits per heavy atom. The lowest BCUT2D eigenvalue weighted by Gasteiger charge is -2.19. The average molecular weight is 660 g/mol. The Hall–Kier alpha value is -5.12. The molecule has 0 atom stereocenters. The van der Waals surface area contributed by atoms with Crippen molar-refractivity contribution in [3.05, 3.63) is 70.8 Å². The summed E-state index contributed by atoms with van der Waals surface area (Å²) in [4.78, 5) is 47.4. The summed E-state index contributed by atoms with van der Waals surface area (Å²) in [6.45, 7) is 16.2. The van der Waals surface area contributed by atoms with Crippen LogP contribution in [0.4, 0.5) is 4.79 Å². The van der Waals surface area contributed by atoms with Gasteiger partial charge in [0.05, 0.1) is 6.42 Å². The molecular formula is C38H45NO9. The maximum atomic E-state index is 12.4.